The zero-order valence-corrected chi connectivity index (χ0v) is 8.25. The molecule has 2 aliphatic rings. The number of carbonyl (C=O) groups excluding carboxylic acids is 1. The molecule has 0 aromatic heterocycles. The van der Waals surface area contributed by atoms with Crippen molar-refractivity contribution in [1.82, 2.24) is 5.32 Å². The number of aliphatic carboxylic acids is 1. The minimum atomic E-state index is -0.702. The molecule has 0 aromatic carbocycles. The minimum Gasteiger partial charge on any atom is -0.481 e. The van der Waals surface area contributed by atoms with Crippen molar-refractivity contribution in [3.05, 3.63) is 0 Å². The summed E-state index contributed by atoms with van der Waals surface area (Å²) in [4.78, 5) is 21.8. The molecule has 4 heteroatoms. The minimum absolute atomic E-state index is 0.0508. The number of hydrogen-bond donors (Lipinski definition) is 2. The van der Waals surface area contributed by atoms with E-state index in [2.05, 4.69) is 5.32 Å². The molecular weight excluding hydrogens is 182 g/mol. The predicted molar refractivity (Wildman–Crippen MR) is 49.6 cm³/mol. The Labute approximate surface area is 82.7 Å². The van der Waals surface area contributed by atoms with E-state index in [1.54, 1.807) is 0 Å². The Morgan fingerprint density at radius 3 is 2.43 bits per heavy atom. The molecular formula is C10H15NO3. The second-order valence-electron chi connectivity index (χ2n) is 4.47. The van der Waals surface area contributed by atoms with Crippen LogP contribution in [0.5, 0.6) is 0 Å². The van der Waals surface area contributed by atoms with Gasteiger partial charge in [0, 0.05) is 18.4 Å². The van der Waals surface area contributed by atoms with Crippen molar-refractivity contribution in [3.8, 4) is 0 Å². The monoisotopic (exact) mass is 197 g/mol. The third kappa shape index (κ3) is 1.13. The van der Waals surface area contributed by atoms with Crippen LogP contribution in [0.15, 0.2) is 0 Å². The van der Waals surface area contributed by atoms with Crippen LogP contribution in [0.25, 0.3) is 0 Å². The molecule has 0 unspecified atom stereocenters. The standard InChI is InChI=1S/C10H15NO3/c1-6(12)11-8-5-7(9(13)14)10(8)3-2-4-10/h7-8H,2-5H2,1H3,(H,11,12)(H,13,14)/t7-,8-/m1/s1. The first kappa shape index (κ1) is 9.49. The number of carbonyl (C=O) groups is 2. The molecule has 0 heterocycles. The van der Waals surface area contributed by atoms with Crippen LogP contribution in [0.2, 0.25) is 0 Å². The van der Waals surface area contributed by atoms with E-state index < -0.39 is 5.97 Å². The van der Waals surface area contributed by atoms with Crippen LogP contribution in [-0.4, -0.2) is 23.0 Å². The molecule has 1 amide bonds. The molecule has 0 saturated heterocycles. The zero-order chi connectivity index (χ0) is 10.3. The maximum absolute atomic E-state index is 10.9. The van der Waals surface area contributed by atoms with Gasteiger partial charge in [-0.2, -0.15) is 0 Å². The van der Waals surface area contributed by atoms with E-state index in [1.807, 2.05) is 0 Å². The molecule has 0 aromatic rings. The van der Waals surface area contributed by atoms with Crippen LogP contribution >= 0.6 is 0 Å². The maximum atomic E-state index is 10.9. The third-order valence-electron chi connectivity index (χ3n) is 3.82. The van der Waals surface area contributed by atoms with E-state index in [0.717, 1.165) is 19.3 Å². The normalized spacial score (nSPS) is 32.9. The van der Waals surface area contributed by atoms with Crippen molar-refractivity contribution in [1.29, 1.82) is 0 Å². The average molecular weight is 197 g/mol. The average Bonchev–Trinajstić information content (AvgIpc) is 1.92. The van der Waals surface area contributed by atoms with Gasteiger partial charge < -0.3 is 10.4 Å². The second kappa shape index (κ2) is 2.97. The summed E-state index contributed by atoms with van der Waals surface area (Å²) in [5.41, 5.74) is -0.0997. The fraction of sp³-hybridized carbons (Fsp3) is 0.800. The summed E-state index contributed by atoms with van der Waals surface area (Å²) in [7, 11) is 0. The highest BCUT2D eigenvalue weighted by molar-refractivity contribution is 5.76. The number of amides is 1. The Kier molecular flexibility index (Phi) is 2.01. The van der Waals surface area contributed by atoms with Gasteiger partial charge in [-0.3, -0.25) is 9.59 Å². The van der Waals surface area contributed by atoms with Crippen molar-refractivity contribution in [3.63, 3.8) is 0 Å². The van der Waals surface area contributed by atoms with E-state index in [0.29, 0.717) is 6.42 Å². The van der Waals surface area contributed by atoms with Gasteiger partial charge in [0.2, 0.25) is 5.91 Å². The molecule has 2 saturated carbocycles. The van der Waals surface area contributed by atoms with Crippen molar-refractivity contribution in [2.24, 2.45) is 11.3 Å². The topological polar surface area (TPSA) is 66.4 Å². The van der Waals surface area contributed by atoms with Crippen LogP contribution in [0, 0.1) is 11.3 Å². The second-order valence-corrected chi connectivity index (χ2v) is 4.47. The van der Waals surface area contributed by atoms with Gasteiger partial charge in [-0.1, -0.05) is 6.42 Å². The molecule has 78 valence electrons. The van der Waals surface area contributed by atoms with E-state index in [1.165, 1.54) is 6.92 Å². The van der Waals surface area contributed by atoms with Crippen LogP contribution in [0.1, 0.15) is 32.6 Å². The van der Waals surface area contributed by atoms with Crippen LogP contribution < -0.4 is 5.32 Å². The van der Waals surface area contributed by atoms with E-state index in [4.69, 9.17) is 5.11 Å². The van der Waals surface area contributed by atoms with Gasteiger partial charge in [0.05, 0.1) is 5.92 Å². The lowest BCUT2D eigenvalue weighted by atomic mass is 9.47. The Morgan fingerprint density at radius 2 is 2.07 bits per heavy atom. The molecule has 0 bridgehead atoms. The molecule has 14 heavy (non-hydrogen) atoms. The molecule has 2 N–H and O–H groups in total. The molecule has 0 radical (unpaired) electrons. The van der Waals surface area contributed by atoms with Gasteiger partial charge in [-0.05, 0) is 19.3 Å². The number of carboxylic acid groups (broad SMARTS) is 1. The molecule has 2 aliphatic carbocycles. The Bertz CT molecular complexity index is 283. The zero-order valence-electron chi connectivity index (χ0n) is 8.25. The van der Waals surface area contributed by atoms with Gasteiger partial charge in [-0.25, -0.2) is 0 Å². The lowest BCUT2D eigenvalue weighted by Gasteiger charge is -2.59. The molecule has 2 fully saturated rings. The lowest BCUT2D eigenvalue weighted by molar-refractivity contribution is -0.169. The fourth-order valence-electron chi connectivity index (χ4n) is 2.86. The first-order chi connectivity index (χ1) is 6.56. The predicted octanol–water partition coefficient (Wildman–Crippen LogP) is 0.766. The molecule has 0 aliphatic heterocycles. The van der Waals surface area contributed by atoms with Crippen molar-refractivity contribution >= 4 is 11.9 Å². The summed E-state index contributed by atoms with van der Waals surface area (Å²) in [5, 5.41) is 11.8. The van der Waals surface area contributed by atoms with Gasteiger partial charge >= 0.3 is 5.97 Å². The van der Waals surface area contributed by atoms with Gasteiger partial charge in [0.1, 0.15) is 0 Å². The van der Waals surface area contributed by atoms with Gasteiger partial charge in [0.25, 0.3) is 0 Å². The van der Waals surface area contributed by atoms with Crippen LogP contribution in [0.4, 0.5) is 0 Å². The lowest BCUT2D eigenvalue weighted by Crippen LogP contribution is -2.65. The molecule has 4 nitrogen and oxygen atoms in total. The summed E-state index contributed by atoms with van der Waals surface area (Å²) < 4.78 is 0. The van der Waals surface area contributed by atoms with Crippen molar-refractivity contribution < 1.29 is 14.7 Å². The van der Waals surface area contributed by atoms with E-state index in [-0.39, 0.29) is 23.3 Å². The van der Waals surface area contributed by atoms with E-state index >= 15 is 0 Å². The van der Waals surface area contributed by atoms with Crippen LogP contribution in [-0.2, 0) is 9.59 Å². The largest absolute Gasteiger partial charge is 0.481 e. The molecule has 2 rings (SSSR count). The maximum Gasteiger partial charge on any atom is 0.307 e. The summed E-state index contributed by atoms with van der Waals surface area (Å²) in [6.45, 7) is 1.49. The highest BCUT2D eigenvalue weighted by atomic mass is 16.4. The summed E-state index contributed by atoms with van der Waals surface area (Å²) >= 11 is 0. The first-order valence-electron chi connectivity index (χ1n) is 5.06. The van der Waals surface area contributed by atoms with Gasteiger partial charge in [0.15, 0.2) is 0 Å². The number of carboxylic acids is 1. The summed E-state index contributed by atoms with van der Waals surface area (Å²) in [6, 6.07) is 0.106. The Morgan fingerprint density at radius 1 is 1.43 bits per heavy atom. The third-order valence-corrected chi connectivity index (χ3v) is 3.82. The van der Waals surface area contributed by atoms with E-state index in [9.17, 15) is 9.59 Å². The quantitative estimate of drug-likeness (QED) is 0.687. The first-order valence-corrected chi connectivity index (χ1v) is 5.06. The van der Waals surface area contributed by atoms with Crippen molar-refractivity contribution in [2.75, 3.05) is 0 Å². The Hall–Kier alpha value is -1.06. The highest BCUT2D eigenvalue weighted by Crippen LogP contribution is 2.59. The number of hydrogen-bond acceptors (Lipinski definition) is 2. The SMILES string of the molecule is CC(=O)N[C@@H]1C[C@H](C(=O)O)C12CCC2. The molecule has 2 atom stereocenters. The summed E-state index contributed by atoms with van der Waals surface area (Å²) in [5.74, 6) is -0.982. The summed E-state index contributed by atoms with van der Waals surface area (Å²) in [6.07, 6.45) is 3.61. The fourth-order valence-corrected chi connectivity index (χ4v) is 2.86. The Balaban J connectivity index is 2.04. The van der Waals surface area contributed by atoms with Crippen LogP contribution in [0.3, 0.4) is 0 Å². The molecule has 1 spiro atoms. The smallest absolute Gasteiger partial charge is 0.307 e. The highest BCUT2D eigenvalue weighted by Gasteiger charge is 2.61. The van der Waals surface area contributed by atoms with Gasteiger partial charge in [-0.15, -0.1) is 0 Å². The number of nitrogens with one attached hydrogen (secondary N) is 1. The van der Waals surface area contributed by atoms with Crippen molar-refractivity contribution in [2.45, 2.75) is 38.6 Å². The number of rotatable bonds is 2.